The number of rotatable bonds is 1. The summed E-state index contributed by atoms with van der Waals surface area (Å²) in [4.78, 5) is 9.20. The maximum atomic E-state index is 9.22. The molecule has 0 saturated heterocycles. The molecule has 34 valence electrons. The van der Waals surface area contributed by atoms with E-state index in [1.807, 2.05) is 0 Å². The van der Waals surface area contributed by atoms with Crippen molar-refractivity contribution in [2.75, 3.05) is 0 Å². The third-order valence-electron chi connectivity index (χ3n) is 0.149. The summed E-state index contributed by atoms with van der Waals surface area (Å²) in [5.74, 6) is 0. The van der Waals surface area contributed by atoms with E-state index in [0.29, 0.717) is 0 Å². The van der Waals surface area contributed by atoms with Crippen molar-refractivity contribution in [3.63, 3.8) is 0 Å². The summed E-state index contributed by atoms with van der Waals surface area (Å²) in [6, 6.07) is 0. The van der Waals surface area contributed by atoms with Gasteiger partial charge in [-0.05, 0) is 0 Å². The molecule has 0 spiro atoms. The summed E-state index contributed by atoms with van der Waals surface area (Å²) >= 11 is 0. The van der Waals surface area contributed by atoms with Crippen LogP contribution in [0.4, 0.5) is 4.79 Å². The molecule has 1 N–H and O–H groups in total. The van der Waals surface area contributed by atoms with Gasteiger partial charge in [-0.1, -0.05) is 0 Å². The van der Waals surface area contributed by atoms with Crippen molar-refractivity contribution in [1.29, 1.82) is 0 Å². The zero-order valence-electron chi connectivity index (χ0n) is 2.75. The lowest BCUT2D eigenvalue weighted by molar-refractivity contribution is 0.144. The van der Waals surface area contributed by atoms with Gasteiger partial charge >= 0.3 is 15.8 Å². The van der Waals surface area contributed by atoms with E-state index in [0.717, 1.165) is 0 Å². The smallest absolute Gasteiger partial charge is 0.450 e. The van der Waals surface area contributed by atoms with Gasteiger partial charge in [0, 0.05) is 0 Å². The topological polar surface area (TPSA) is 63.6 Å². The molecule has 6 heavy (non-hydrogen) atoms. The van der Waals surface area contributed by atoms with Crippen LogP contribution >= 0.6 is 0 Å². The van der Waals surface area contributed by atoms with E-state index in [2.05, 4.69) is 4.43 Å². The molecule has 0 amide bonds. The number of hydrogen-bond acceptors (Lipinski definition) is 3. The molecule has 0 aliphatic heterocycles. The maximum absolute atomic E-state index is 9.22. The van der Waals surface area contributed by atoms with Crippen molar-refractivity contribution in [2.45, 2.75) is 0 Å². The summed E-state index contributed by atoms with van der Waals surface area (Å²) in [6.07, 6.45) is -1.49. The number of hydrogen-bond donors (Lipinski definition) is 1. The quantitative estimate of drug-likeness (QED) is 0.452. The molecule has 0 aliphatic rings. The van der Waals surface area contributed by atoms with E-state index in [1.54, 1.807) is 0 Å². The monoisotopic (exact) mass is 106 g/mol. The molecular formula is CH2O4Si. The van der Waals surface area contributed by atoms with E-state index >= 15 is 0 Å². The number of carbonyl (C=O) groups is 1. The third kappa shape index (κ3) is 3.29. The second-order valence-corrected chi connectivity index (χ2v) is 0.908. The Balaban J connectivity index is 3.05. The molecule has 0 bridgehead atoms. The van der Waals surface area contributed by atoms with E-state index in [1.165, 1.54) is 0 Å². The normalized spacial score (nSPS) is 6.67. The van der Waals surface area contributed by atoms with Crippen molar-refractivity contribution >= 4 is 15.8 Å². The summed E-state index contributed by atoms with van der Waals surface area (Å²) < 4.78 is 12.7. The van der Waals surface area contributed by atoms with Gasteiger partial charge in [-0.2, -0.15) is 0 Å². The van der Waals surface area contributed by atoms with Crippen LogP contribution in [-0.2, 0) is 8.89 Å². The molecule has 0 fully saturated rings. The molecule has 0 aromatic carbocycles. The van der Waals surface area contributed by atoms with Crippen molar-refractivity contribution < 1.29 is 18.8 Å². The minimum atomic E-state index is -1.60. The molecule has 0 atom stereocenters. The maximum Gasteiger partial charge on any atom is 0.499 e. The first-order valence-corrected chi connectivity index (χ1v) is 2.05. The molecular weight excluding hydrogens is 104 g/mol. The van der Waals surface area contributed by atoms with Crippen molar-refractivity contribution in [1.82, 2.24) is 0 Å². The Kier molecular flexibility index (Phi) is 2.22. The minimum Gasteiger partial charge on any atom is -0.450 e. The molecule has 0 radical (unpaired) electrons. The van der Waals surface area contributed by atoms with Crippen LogP contribution in [0.15, 0.2) is 0 Å². The van der Waals surface area contributed by atoms with Crippen LogP contribution < -0.4 is 0 Å². The van der Waals surface area contributed by atoms with Gasteiger partial charge in [-0.15, -0.1) is 0 Å². The highest BCUT2D eigenvalue weighted by molar-refractivity contribution is 6.11. The van der Waals surface area contributed by atoms with Crippen LogP contribution in [0.1, 0.15) is 0 Å². The second kappa shape index (κ2) is 2.52. The van der Waals surface area contributed by atoms with Gasteiger partial charge < -0.3 is 14.0 Å². The lowest BCUT2D eigenvalue weighted by Crippen LogP contribution is -1.96. The molecule has 4 nitrogen and oxygen atoms in total. The molecule has 0 aliphatic carbocycles. The molecule has 0 rings (SSSR count). The van der Waals surface area contributed by atoms with Gasteiger partial charge in [0.25, 0.3) is 0 Å². The van der Waals surface area contributed by atoms with E-state index in [9.17, 15) is 9.26 Å². The van der Waals surface area contributed by atoms with Crippen molar-refractivity contribution in [3.8, 4) is 0 Å². The van der Waals surface area contributed by atoms with Crippen molar-refractivity contribution in [2.24, 2.45) is 0 Å². The van der Waals surface area contributed by atoms with Crippen LogP contribution in [0.3, 0.4) is 0 Å². The zero-order valence-corrected chi connectivity index (χ0v) is 3.90. The first kappa shape index (κ1) is 5.29. The lowest BCUT2D eigenvalue weighted by atomic mass is 11.5. The minimum absolute atomic E-state index is 1.49. The standard InChI is InChI=1S/CH2O4Si/c2-1(3)5-6-4/h6H,(H,2,3). The average Bonchev–Trinajstić information content (AvgIpc) is 1.35. The van der Waals surface area contributed by atoms with Crippen LogP contribution in [0.2, 0.25) is 0 Å². The van der Waals surface area contributed by atoms with Crippen LogP contribution in [0.5, 0.6) is 0 Å². The van der Waals surface area contributed by atoms with E-state index in [-0.39, 0.29) is 0 Å². The average molecular weight is 106 g/mol. The summed E-state index contributed by atoms with van der Waals surface area (Å²) in [5.41, 5.74) is 0. The summed E-state index contributed by atoms with van der Waals surface area (Å²) in [5, 5.41) is 7.51. The van der Waals surface area contributed by atoms with E-state index in [4.69, 9.17) is 5.11 Å². The summed E-state index contributed by atoms with van der Waals surface area (Å²) in [6.45, 7) is 0. The SMILES string of the molecule is O=[SiH]OC(=O)O. The second-order valence-electron chi connectivity index (χ2n) is 0.480. The van der Waals surface area contributed by atoms with Crippen molar-refractivity contribution in [3.05, 3.63) is 0 Å². The van der Waals surface area contributed by atoms with Gasteiger partial charge in [-0.25, -0.2) is 4.79 Å². The first-order valence-electron chi connectivity index (χ1n) is 1.10. The Hall–Kier alpha value is -0.713. The number of carboxylic acid groups (broad SMARTS) is 1. The van der Waals surface area contributed by atoms with Gasteiger partial charge in [0.05, 0.1) is 0 Å². The van der Waals surface area contributed by atoms with Gasteiger partial charge in [0.1, 0.15) is 0 Å². The Morgan fingerprint density at radius 2 is 2.33 bits per heavy atom. The Morgan fingerprint density at radius 3 is 2.33 bits per heavy atom. The Bertz CT molecular complexity index is 67.9. The van der Waals surface area contributed by atoms with E-state index < -0.39 is 15.8 Å². The largest absolute Gasteiger partial charge is 0.499 e. The fourth-order valence-electron chi connectivity index (χ4n) is 0.0412. The van der Waals surface area contributed by atoms with Crippen LogP contribution in [-0.4, -0.2) is 20.9 Å². The summed E-state index contributed by atoms with van der Waals surface area (Å²) in [7, 11) is -1.60. The fraction of sp³-hybridized carbons (Fsp3) is 0. The first-order chi connectivity index (χ1) is 2.77. The Morgan fingerprint density at radius 1 is 1.83 bits per heavy atom. The van der Waals surface area contributed by atoms with Gasteiger partial charge in [-0.3, -0.25) is 0 Å². The fourth-order valence-corrected chi connectivity index (χ4v) is 0.123. The molecule has 0 unspecified atom stereocenters. The third-order valence-corrected chi connectivity index (χ3v) is 0.447. The zero-order chi connectivity index (χ0) is 4.99. The van der Waals surface area contributed by atoms with Gasteiger partial charge in [0.2, 0.25) is 0 Å². The van der Waals surface area contributed by atoms with Crippen LogP contribution in [0.25, 0.3) is 0 Å². The molecule has 0 aromatic rings. The highest BCUT2D eigenvalue weighted by atomic mass is 28.2. The predicted molar refractivity (Wildman–Crippen MR) is 16.9 cm³/mol. The molecule has 0 aromatic heterocycles. The van der Waals surface area contributed by atoms with Crippen LogP contribution in [0, 0.1) is 0 Å². The lowest BCUT2D eigenvalue weighted by Gasteiger charge is -1.78. The van der Waals surface area contributed by atoms with Gasteiger partial charge in [0.15, 0.2) is 0 Å². The molecule has 0 saturated carbocycles. The highest BCUT2D eigenvalue weighted by Gasteiger charge is 1.87. The molecule has 0 heterocycles. The predicted octanol–water partition coefficient (Wildman–Crippen LogP) is -0.622. The molecule has 5 heteroatoms. The Labute approximate surface area is 35.7 Å². The highest BCUT2D eigenvalue weighted by Crippen LogP contribution is 1.61.